The normalized spacial score (nSPS) is 45.4. The van der Waals surface area contributed by atoms with Crippen LogP contribution < -0.4 is 0 Å². The first-order chi connectivity index (χ1) is 6.57. The lowest BCUT2D eigenvalue weighted by Gasteiger charge is -2.22. The van der Waals surface area contributed by atoms with Crippen molar-refractivity contribution < 1.29 is 18.9 Å². The summed E-state index contributed by atoms with van der Waals surface area (Å²) in [5.74, 6) is -0.514. The first kappa shape index (κ1) is 11.1. The van der Waals surface area contributed by atoms with Crippen LogP contribution in [0.3, 0.4) is 0 Å². The molecule has 2 rings (SSSR count). The SMILES string of the molecule is CO[C@@H]1OC(CI)[C@H]2OC(C)(C)O[C@@H]12. The van der Waals surface area contributed by atoms with Crippen LogP contribution in [-0.4, -0.2) is 41.9 Å². The lowest BCUT2D eigenvalue weighted by Crippen LogP contribution is -2.30. The summed E-state index contributed by atoms with van der Waals surface area (Å²) >= 11 is 2.29. The highest BCUT2D eigenvalue weighted by Gasteiger charge is 2.55. The summed E-state index contributed by atoms with van der Waals surface area (Å²) in [6.45, 7) is 3.84. The van der Waals surface area contributed by atoms with Gasteiger partial charge in [0.1, 0.15) is 12.2 Å². The maximum absolute atomic E-state index is 5.78. The number of hydrogen-bond acceptors (Lipinski definition) is 4. The molecule has 2 saturated heterocycles. The number of halogens is 1. The van der Waals surface area contributed by atoms with Crippen molar-refractivity contribution >= 4 is 22.6 Å². The maximum Gasteiger partial charge on any atom is 0.186 e. The third kappa shape index (κ3) is 1.80. The highest BCUT2D eigenvalue weighted by atomic mass is 127. The maximum atomic E-state index is 5.78. The number of rotatable bonds is 2. The second-order valence-electron chi connectivity index (χ2n) is 4.00. The van der Waals surface area contributed by atoms with Crippen molar-refractivity contribution in [2.75, 3.05) is 11.5 Å². The smallest absolute Gasteiger partial charge is 0.186 e. The lowest BCUT2D eigenvalue weighted by atomic mass is 10.2. The predicted octanol–water partition coefficient (Wildman–Crippen LogP) is 1.31. The Morgan fingerprint density at radius 3 is 2.50 bits per heavy atom. The van der Waals surface area contributed by atoms with Gasteiger partial charge in [0.2, 0.25) is 0 Å². The van der Waals surface area contributed by atoms with Gasteiger partial charge in [0.15, 0.2) is 12.1 Å². The minimum absolute atomic E-state index is 0.00634. The van der Waals surface area contributed by atoms with Crippen molar-refractivity contribution in [3.8, 4) is 0 Å². The molecule has 0 bridgehead atoms. The van der Waals surface area contributed by atoms with Gasteiger partial charge in [0.25, 0.3) is 0 Å². The molecule has 0 aromatic carbocycles. The minimum Gasteiger partial charge on any atom is -0.353 e. The van der Waals surface area contributed by atoms with Crippen molar-refractivity contribution in [1.29, 1.82) is 0 Å². The second-order valence-corrected chi connectivity index (χ2v) is 4.88. The molecule has 4 nitrogen and oxygen atoms in total. The van der Waals surface area contributed by atoms with E-state index in [4.69, 9.17) is 18.9 Å². The molecule has 4 atom stereocenters. The fourth-order valence-corrected chi connectivity index (χ4v) is 2.67. The van der Waals surface area contributed by atoms with Crippen LogP contribution in [0.25, 0.3) is 0 Å². The van der Waals surface area contributed by atoms with Crippen LogP contribution >= 0.6 is 22.6 Å². The van der Waals surface area contributed by atoms with Gasteiger partial charge in [-0.25, -0.2) is 0 Å². The average molecular weight is 314 g/mol. The molecule has 2 aliphatic heterocycles. The number of fused-ring (bicyclic) bond motifs is 1. The van der Waals surface area contributed by atoms with Crippen molar-refractivity contribution in [3.63, 3.8) is 0 Å². The Hall–Kier alpha value is 0.570. The minimum atomic E-state index is -0.514. The zero-order valence-corrected chi connectivity index (χ0v) is 10.7. The van der Waals surface area contributed by atoms with Gasteiger partial charge < -0.3 is 18.9 Å². The molecular formula is C9H15IO4. The van der Waals surface area contributed by atoms with E-state index >= 15 is 0 Å². The van der Waals surface area contributed by atoms with Gasteiger partial charge in [-0.15, -0.1) is 0 Å². The van der Waals surface area contributed by atoms with E-state index in [1.54, 1.807) is 7.11 Å². The highest BCUT2D eigenvalue weighted by Crippen LogP contribution is 2.39. The van der Waals surface area contributed by atoms with Crippen LogP contribution in [0.4, 0.5) is 0 Å². The van der Waals surface area contributed by atoms with Crippen molar-refractivity contribution in [3.05, 3.63) is 0 Å². The standard InChI is InChI=1S/C9H15IO4/c1-9(2)13-6-5(4-10)12-8(11-3)7(6)14-9/h5-8H,4H2,1-3H3/t5?,6-,7-,8-/m1/s1. The number of methoxy groups -OCH3 is 1. The summed E-state index contributed by atoms with van der Waals surface area (Å²) in [7, 11) is 1.63. The van der Waals surface area contributed by atoms with Gasteiger partial charge in [-0.2, -0.15) is 0 Å². The van der Waals surface area contributed by atoms with E-state index < -0.39 is 5.79 Å². The van der Waals surface area contributed by atoms with Crippen LogP contribution in [0.5, 0.6) is 0 Å². The first-order valence-corrected chi connectivity index (χ1v) is 6.20. The largest absolute Gasteiger partial charge is 0.353 e. The molecule has 0 aliphatic carbocycles. The number of hydrogen-bond donors (Lipinski definition) is 0. The summed E-state index contributed by atoms with van der Waals surface area (Å²) in [5, 5.41) is 0. The molecule has 0 aromatic rings. The fourth-order valence-electron chi connectivity index (χ4n) is 1.96. The Balaban J connectivity index is 2.12. The van der Waals surface area contributed by atoms with E-state index in [9.17, 15) is 0 Å². The quantitative estimate of drug-likeness (QED) is 0.569. The Morgan fingerprint density at radius 2 is 1.93 bits per heavy atom. The third-order valence-corrected chi connectivity index (χ3v) is 3.36. The van der Waals surface area contributed by atoms with Crippen LogP contribution in [0, 0.1) is 0 Å². The zero-order valence-electron chi connectivity index (χ0n) is 8.53. The predicted molar refractivity (Wildman–Crippen MR) is 58.4 cm³/mol. The van der Waals surface area contributed by atoms with E-state index in [0.717, 1.165) is 4.43 Å². The lowest BCUT2D eigenvalue weighted by molar-refractivity contribution is -0.223. The molecule has 82 valence electrons. The fraction of sp³-hybridized carbons (Fsp3) is 1.00. The van der Waals surface area contributed by atoms with Gasteiger partial charge in [0.05, 0.1) is 6.10 Å². The van der Waals surface area contributed by atoms with E-state index in [1.807, 2.05) is 13.8 Å². The molecule has 2 heterocycles. The highest BCUT2D eigenvalue weighted by molar-refractivity contribution is 14.1. The number of alkyl halides is 1. The topological polar surface area (TPSA) is 36.9 Å². The van der Waals surface area contributed by atoms with Crippen LogP contribution in [0.2, 0.25) is 0 Å². The van der Waals surface area contributed by atoms with Gasteiger partial charge in [-0.1, -0.05) is 22.6 Å². The molecule has 5 heteroatoms. The van der Waals surface area contributed by atoms with Gasteiger partial charge >= 0.3 is 0 Å². The Bertz CT molecular complexity index is 201. The molecule has 0 aromatic heterocycles. The molecule has 0 amide bonds. The van der Waals surface area contributed by atoms with Crippen LogP contribution in [-0.2, 0) is 18.9 Å². The zero-order chi connectivity index (χ0) is 10.3. The monoisotopic (exact) mass is 314 g/mol. The van der Waals surface area contributed by atoms with Gasteiger partial charge in [-0.05, 0) is 13.8 Å². The summed E-state index contributed by atoms with van der Waals surface area (Å²) < 4.78 is 23.3. The van der Waals surface area contributed by atoms with E-state index in [0.29, 0.717) is 0 Å². The molecule has 2 aliphatic rings. The van der Waals surface area contributed by atoms with Crippen LogP contribution in [0.15, 0.2) is 0 Å². The van der Waals surface area contributed by atoms with E-state index in [1.165, 1.54) is 0 Å². The van der Waals surface area contributed by atoms with E-state index in [2.05, 4.69) is 22.6 Å². The summed E-state index contributed by atoms with van der Waals surface area (Å²) in [4.78, 5) is 0. The molecule has 14 heavy (non-hydrogen) atoms. The van der Waals surface area contributed by atoms with Crippen LogP contribution in [0.1, 0.15) is 13.8 Å². The first-order valence-electron chi connectivity index (χ1n) is 4.67. The Kier molecular flexibility index (Phi) is 3.05. The summed E-state index contributed by atoms with van der Waals surface area (Å²) in [6, 6.07) is 0. The average Bonchev–Trinajstić information content (AvgIpc) is 2.57. The molecule has 0 N–H and O–H groups in total. The molecule has 0 saturated carbocycles. The molecule has 0 radical (unpaired) electrons. The molecular weight excluding hydrogens is 299 g/mol. The van der Waals surface area contributed by atoms with Crippen molar-refractivity contribution in [2.45, 2.75) is 44.2 Å². The summed E-state index contributed by atoms with van der Waals surface area (Å²) in [5.41, 5.74) is 0. The second kappa shape index (κ2) is 3.86. The van der Waals surface area contributed by atoms with Crippen molar-refractivity contribution in [1.82, 2.24) is 0 Å². The van der Waals surface area contributed by atoms with Gasteiger partial charge in [-0.3, -0.25) is 0 Å². The molecule has 1 unspecified atom stereocenters. The number of ether oxygens (including phenoxy) is 4. The molecule has 0 spiro atoms. The van der Waals surface area contributed by atoms with Gasteiger partial charge in [0, 0.05) is 11.5 Å². The van der Waals surface area contributed by atoms with Crippen molar-refractivity contribution in [2.24, 2.45) is 0 Å². The Labute approximate surface area is 97.4 Å². The third-order valence-electron chi connectivity index (χ3n) is 2.49. The Morgan fingerprint density at radius 1 is 1.29 bits per heavy atom. The molecule has 2 fully saturated rings. The summed E-state index contributed by atoms with van der Waals surface area (Å²) in [6.07, 6.45) is -0.296. The van der Waals surface area contributed by atoms with E-state index in [-0.39, 0.29) is 24.6 Å².